The fourth-order valence-corrected chi connectivity index (χ4v) is 2.25. The number of hydrogen-bond acceptors (Lipinski definition) is 2. The number of aldehydes is 2. The van der Waals surface area contributed by atoms with Gasteiger partial charge < -0.3 is 0 Å². The minimum atomic E-state index is 0.776. The van der Waals surface area contributed by atoms with Crippen molar-refractivity contribution in [3.05, 3.63) is 83.9 Å². The summed E-state index contributed by atoms with van der Waals surface area (Å²) in [6.07, 6.45) is 8.67. The molecule has 0 unspecified atom stereocenters. The summed E-state index contributed by atoms with van der Waals surface area (Å²) in [6.45, 7) is 4.12. The van der Waals surface area contributed by atoms with Gasteiger partial charge in [0.05, 0.1) is 0 Å². The maximum atomic E-state index is 10.7. The smallest absolute Gasteiger partial charge is 0.150 e. The molecule has 2 heteroatoms. The van der Waals surface area contributed by atoms with E-state index in [4.69, 9.17) is 0 Å². The molecule has 0 aliphatic carbocycles. The fraction of sp³-hybridized carbons (Fsp3) is 0.217. The van der Waals surface area contributed by atoms with Crippen LogP contribution in [0.3, 0.4) is 0 Å². The van der Waals surface area contributed by atoms with Gasteiger partial charge >= 0.3 is 0 Å². The molecule has 0 saturated carbocycles. The Balaban J connectivity index is 0.000000251. The third-order valence-electron chi connectivity index (χ3n) is 3.55. The van der Waals surface area contributed by atoms with E-state index in [0.717, 1.165) is 54.1 Å². The molecule has 0 saturated heterocycles. The summed E-state index contributed by atoms with van der Waals surface area (Å²) in [7, 11) is 0. The van der Waals surface area contributed by atoms with Gasteiger partial charge in [-0.2, -0.15) is 0 Å². The quantitative estimate of drug-likeness (QED) is 0.477. The number of carbonyl (C=O) groups is 2. The first kappa shape index (κ1) is 20.3. The predicted octanol–water partition coefficient (Wildman–Crippen LogP) is 5.75. The van der Waals surface area contributed by atoms with E-state index in [2.05, 4.69) is 6.92 Å². The van der Waals surface area contributed by atoms with Gasteiger partial charge in [0.15, 0.2) is 0 Å². The first-order valence-corrected chi connectivity index (χ1v) is 8.68. The molecule has 0 atom stereocenters. The Kier molecular flexibility index (Phi) is 10.3. The van der Waals surface area contributed by atoms with Crippen LogP contribution < -0.4 is 0 Å². The summed E-state index contributed by atoms with van der Waals surface area (Å²) in [6, 6.07) is 19.4. The maximum absolute atomic E-state index is 10.7. The van der Waals surface area contributed by atoms with E-state index in [-0.39, 0.29) is 0 Å². The third-order valence-corrected chi connectivity index (χ3v) is 3.55. The normalized spacial score (nSPS) is 11.3. The van der Waals surface area contributed by atoms with Gasteiger partial charge in [-0.3, -0.25) is 9.59 Å². The molecule has 2 aromatic rings. The average molecular weight is 334 g/mol. The van der Waals surface area contributed by atoms with Crippen molar-refractivity contribution >= 4 is 23.7 Å². The van der Waals surface area contributed by atoms with E-state index in [1.54, 1.807) is 0 Å². The summed E-state index contributed by atoms with van der Waals surface area (Å²) < 4.78 is 0. The number of rotatable bonds is 7. The van der Waals surface area contributed by atoms with Crippen LogP contribution in [0.5, 0.6) is 0 Å². The Hall–Kier alpha value is -2.74. The molecule has 0 amide bonds. The molecule has 25 heavy (non-hydrogen) atoms. The molecule has 0 fully saturated rings. The lowest BCUT2D eigenvalue weighted by atomic mass is 10.1. The van der Waals surface area contributed by atoms with Crippen molar-refractivity contribution in [3.8, 4) is 0 Å². The zero-order valence-corrected chi connectivity index (χ0v) is 15.0. The van der Waals surface area contributed by atoms with Crippen molar-refractivity contribution in [1.82, 2.24) is 0 Å². The molecule has 2 nitrogen and oxygen atoms in total. The molecule has 0 bridgehead atoms. The number of hydrogen-bond donors (Lipinski definition) is 0. The first-order chi connectivity index (χ1) is 12.3. The summed E-state index contributed by atoms with van der Waals surface area (Å²) in [5.41, 5.74) is 3.57. The van der Waals surface area contributed by atoms with Crippen molar-refractivity contribution in [2.24, 2.45) is 0 Å². The van der Waals surface area contributed by atoms with Gasteiger partial charge in [-0.05, 0) is 24.0 Å². The zero-order valence-electron chi connectivity index (χ0n) is 15.0. The zero-order chi connectivity index (χ0) is 18.3. The highest BCUT2D eigenvalue weighted by molar-refractivity contribution is 6.07. The van der Waals surface area contributed by atoms with Crippen molar-refractivity contribution in [2.45, 2.75) is 33.1 Å². The standard InChI is InChI=1S/C12H14O.C11H12O/c1-2-3-7-12(10-13)11-8-5-4-6-9-11;1-2-6-11(9-12)10-7-4-3-5-8-10/h4-10H,2-3H2,1H3;3-9H,2H2,1H3/b12-7-;11-6-. The lowest BCUT2D eigenvalue weighted by molar-refractivity contribution is -0.104. The lowest BCUT2D eigenvalue weighted by Crippen LogP contribution is -1.84. The molecule has 0 radical (unpaired) electrons. The largest absolute Gasteiger partial charge is 0.298 e. The Morgan fingerprint density at radius 1 is 0.720 bits per heavy atom. The van der Waals surface area contributed by atoms with Crippen LogP contribution in [0.4, 0.5) is 0 Å². The van der Waals surface area contributed by atoms with E-state index >= 15 is 0 Å². The van der Waals surface area contributed by atoms with Gasteiger partial charge in [0.2, 0.25) is 0 Å². The Morgan fingerprint density at radius 2 is 1.16 bits per heavy atom. The maximum Gasteiger partial charge on any atom is 0.150 e. The monoisotopic (exact) mass is 334 g/mol. The highest BCUT2D eigenvalue weighted by atomic mass is 16.1. The van der Waals surface area contributed by atoms with Crippen LogP contribution in [0.25, 0.3) is 11.1 Å². The number of carbonyl (C=O) groups excluding carboxylic acids is 2. The molecule has 0 aliphatic rings. The lowest BCUT2D eigenvalue weighted by Gasteiger charge is -1.98. The molecule has 130 valence electrons. The molecule has 0 N–H and O–H groups in total. The van der Waals surface area contributed by atoms with Gasteiger partial charge in [-0.25, -0.2) is 0 Å². The predicted molar refractivity (Wildman–Crippen MR) is 106 cm³/mol. The minimum absolute atomic E-state index is 0.776. The Labute approximate surface area is 150 Å². The second-order valence-electron chi connectivity index (χ2n) is 5.48. The highest BCUT2D eigenvalue weighted by Gasteiger charge is 1.97. The third kappa shape index (κ3) is 7.58. The average Bonchev–Trinajstić information content (AvgIpc) is 2.69. The van der Waals surface area contributed by atoms with E-state index in [1.807, 2.05) is 79.7 Å². The molecule has 2 rings (SSSR count). The van der Waals surface area contributed by atoms with Gasteiger partial charge in [0.1, 0.15) is 12.6 Å². The number of allylic oxidation sites excluding steroid dienone is 4. The molecule has 2 aromatic carbocycles. The summed E-state index contributed by atoms with van der Waals surface area (Å²) >= 11 is 0. The van der Waals surface area contributed by atoms with Gasteiger partial charge in [0, 0.05) is 11.1 Å². The second-order valence-corrected chi connectivity index (χ2v) is 5.48. The molecular formula is C23H26O2. The van der Waals surface area contributed by atoms with Crippen molar-refractivity contribution in [1.29, 1.82) is 0 Å². The summed E-state index contributed by atoms with van der Waals surface area (Å²) in [5, 5.41) is 0. The summed E-state index contributed by atoms with van der Waals surface area (Å²) in [4.78, 5) is 21.4. The SMILES string of the molecule is CC/C=C(/C=O)c1ccccc1.CCC/C=C(/C=O)c1ccccc1. The van der Waals surface area contributed by atoms with Crippen LogP contribution in [-0.2, 0) is 9.59 Å². The van der Waals surface area contributed by atoms with Crippen LogP contribution in [0.1, 0.15) is 44.2 Å². The van der Waals surface area contributed by atoms with Crippen LogP contribution in [0, 0.1) is 0 Å². The van der Waals surface area contributed by atoms with Gasteiger partial charge in [-0.1, -0.05) is 93.1 Å². The van der Waals surface area contributed by atoms with E-state index in [1.165, 1.54) is 0 Å². The molecule has 0 heterocycles. The van der Waals surface area contributed by atoms with E-state index in [0.29, 0.717) is 0 Å². The Morgan fingerprint density at radius 3 is 1.52 bits per heavy atom. The first-order valence-electron chi connectivity index (χ1n) is 8.68. The molecule has 0 aliphatic heterocycles. The fourth-order valence-electron chi connectivity index (χ4n) is 2.25. The Bertz CT molecular complexity index is 683. The molecular weight excluding hydrogens is 308 g/mol. The summed E-state index contributed by atoms with van der Waals surface area (Å²) in [5.74, 6) is 0. The minimum Gasteiger partial charge on any atom is -0.298 e. The second kappa shape index (κ2) is 12.7. The van der Waals surface area contributed by atoms with Crippen LogP contribution in [0.15, 0.2) is 72.8 Å². The van der Waals surface area contributed by atoms with Gasteiger partial charge in [-0.15, -0.1) is 0 Å². The highest BCUT2D eigenvalue weighted by Crippen LogP contribution is 2.12. The van der Waals surface area contributed by atoms with E-state index < -0.39 is 0 Å². The van der Waals surface area contributed by atoms with Crippen LogP contribution in [-0.4, -0.2) is 12.6 Å². The van der Waals surface area contributed by atoms with Crippen molar-refractivity contribution in [2.75, 3.05) is 0 Å². The topological polar surface area (TPSA) is 34.1 Å². The number of unbranched alkanes of at least 4 members (excludes halogenated alkanes) is 1. The molecule has 0 aromatic heterocycles. The van der Waals surface area contributed by atoms with Gasteiger partial charge in [0.25, 0.3) is 0 Å². The van der Waals surface area contributed by atoms with Crippen molar-refractivity contribution in [3.63, 3.8) is 0 Å². The number of benzene rings is 2. The van der Waals surface area contributed by atoms with Crippen LogP contribution >= 0.6 is 0 Å². The van der Waals surface area contributed by atoms with Crippen molar-refractivity contribution < 1.29 is 9.59 Å². The van der Waals surface area contributed by atoms with E-state index in [9.17, 15) is 9.59 Å². The van der Waals surface area contributed by atoms with Crippen LogP contribution in [0.2, 0.25) is 0 Å². The molecule has 0 spiro atoms.